The number of ether oxygens (including phenoxy) is 1. The van der Waals surface area contributed by atoms with Crippen molar-refractivity contribution >= 4 is 0 Å². The third kappa shape index (κ3) is 3.94. The highest BCUT2D eigenvalue weighted by molar-refractivity contribution is 4.86. The fourth-order valence-electron chi connectivity index (χ4n) is 3.32. The van der Waals surface area contributed by atoms with Crippen LogP contribution in [0, 0.1) is 5.41 Å². The van der Waals surface area contributed by atoms with E-state index in [4.69, 9.17) is 4.74 Å². The van der Waals surface area contributed by atoms with E-state index < -0.39 is 0 Å². The average Bonchev–Trinajstić information content (AvgIpc) is 2.39. The Morgan fingerprint density at radius 3 is 2.47 bits per heavy atom. The number of hydrogen-bond acceptors (Lipinski definition) is 3. The van der Waals surface area contributed by atoms with E-state index in [0.29, 0.717) is 18.1 Å². The molecule has 0 unspecified atom stereocenters. The lowest BCUT2D eigenvalue weighted by Gasteiger charge is -2.39. The van der Waals surface area contributed by atoms with Crippen molar-refractivity contribution in [3.63, 3.8) is 0 Å². The van der Waals surface area contributed by atoms with E-state index in [9.17, 15) is 5.11 Å². The van der Waals surface area contributed by atoms with Crippen molar-refractivity contribution in [2.45, 2.75) is 57.4 Å². The third-order valence-electron chi connectivity index (χ3n) is 4.54. The Morgan fingerprint density at radius 1 is 1.12 bits per heavy atom. The second-order valence-corrected chi connectivity index (χ2v) is 5.80. The largest absolute Gasteiger partial charge is 0.396 e. The highest BCUT2D eigenvalue weighted by Gasteiger charge is 2.31. The Bertz CT molecular complexity index is 203. The maximum absolute atomic E-state index is 9.27. The molecule has 1 heterocycles. The highest BCUT2D eigenvalue weighted by atomic mass is 16.5. The molecule has 2 fully saturated rings. The van der Waals surface area contributed by atoms with Gasteiger partial charge >= 0.3 is 0 Å². The molecule has 0 spiro atoms. The normalized spacial score (nSPS) is 25.9. The minimum Gasteiger partial charge on any atom is -0.396 e. The standard InChI is InChI=1S/C14H27NO2/c16-9-8-14(6-2-1-3-7-14)12-15-13-4-10-17-11-5-13/h13,15-16H,1-12H2. The first-order valence-corrected chi connectivity index (χ1v) is 7.27. The molecule has 1 saturated carbocycles. The summed E-state index contributed by atoms with van der Waals surface area (Å²) < 4.78 is 5.38. The van der Waals surface area contributed by atoms with Gasteiger partial charge in [-0.2, -0.15) is 0 Å². The predicted octanol–water partition coefficient (Wildman–Crippen LogP) is 2.09. The van der Waals surface area contributed by atoms with Crippen LogP contribution in [0.4, 0.5) is 0 Å². The predicted molar refractivity (Wildman–Crippen MR) is 69.1 cm³/mol. The van der Waals surface area contributed by atoms with E-state index >= 15 is 0 Å². The maximum atomic E-state index is 9.27. The van der Waals surface area contributed by atoms with Crippen LogP contribution >= 0.6 is 0 Å². The summed E-state index contributed by atoms with van der Waals surface area (Å²) in [5.74, 6) is 0. The lowest BCUT2D eigenvalue weighted by atomic mass is 9.71. The van der Waals surface area contributed by atoms with Crippen molar-refractivity contribution in [3.8, 4) is 0 Å². The highest BCUT2D eigenvalue weighted by Crippen LogP contribution is 2.38. The second kappa shape index (κ2) is 6.72. The van der Waals surface area contributed by atoms with Gasteiger partial charge < -0.3 is 15.2 Å². The molecule has 0 atom stereocenters. The van der Waals surface area contributed by atoms with E-state index in [0.717, 1.165) is 39.0 Å². The van der Waals surface area contributed by atoms with Crippen LogP contribution in [0.15, 0.2) is 0 Å². The minimum atomic E-state index is 0.343. The summed E-state index contributed by atoms with van der Waals surface area (Å²) in [6.07, 6.45) is 9.93. The SMILES string of the molecule is OCCC1(CNC2CCOCC2)CCCCC1. The van der Waals surface area contributed by atoms with Gasteiger partial charge in [0.05, 0.1) is 0 Å². The van der Waals surface area contributed by atoms with Crippen LogP contribution in [-0.2, 0) is 4.74 Å². The number of rotatable bonds is 5. The van der Waals surface area contributed by atoms with E-state index in [-0.39, 0.29) is 0 Å². The molecule has 0 amide bonds. The molecule has 0 aromatic heterocycles. The molecule has 0 radical (unpaired) electrons. The smallest absolute Gasteiger partial charge is 0.0480 e. The molecule has 17 heavy (non-hydrogen) atoms. The van der Waals surface area contributed by atoms with Crippen LogP contribution in [0.3, 0.4) is 0 Å². The van der Waals surface area contributed by atoms with Gasteiger partial charge in [-0.3, -0.25) is 0 Å². The Kier molecular flexibility index (Phi) is 5.26. The molecule has 0 aromatic rings. The first kappa shape index (κ1) is 13.3. The topological polar surface area (TPSA) is 41.5 Å². The van der Waals surface area contributed by atoms with Gasteiger partial charge in [0, 0.05) is 32.4 Å². The quantitative estimate of drug-likeness (QED) is 0.774. The average molecular weight is 241 g/mol. The summed E-state index contributed by atoms with van der Waals surface area (Å²) in [5.41, 5.74) is 0.380. The molecule has 1 aliphatic heterocycles. The Hall–Kier alpha value is -0.120. The molecule has 2 rings (SSSR count). The summed E-state index contributed by atoms with van der Waals surface area (Å²) in [4.78, 5) is 0. The minimum absolute atomic E-state index is 0.343. The molecule has 2 N–H and O–H groups in total. The van der Waals surface area contributed by atoms with Crippen LogP contribution in [-0.4, -0.2) is 37.5 Å². The first-order chi connectivity index (χ1) is 8.35. The number of hydrogen-bond donors (Lipinski definition) is 2. The third-order valence-corrected chi connectivity index (χ3v) is 4.54. The van der Waals surface area contributed by atoms with Crippen LogP contribution in [0.5, 0.6) is 0 Å². The summed E-state index contributed by atoms with van der Waals surface area (Å²) in [6.45, 7) is 3.25. The molecule has 100 valence electrons. The zero-order valence-corrected chi connectivity index (χ0v) is 10.9. The van der Waals surface area contributed by atoms with Crippen molar-refractivity contribution in [2.75, 3.05) is 26.4 Å². The monoisotopic (exact) mass is 241 g/mol. The fourth-order valence-corrected chi connectivity index (χ4v) is 3.32. The molecule has 0 aromatic carbocycles. The van der Waals surface area contributed by atoms with Gasteiger partial charge in [0.1, 0.15) is 0 Å². The first-order valence-electron chi connectivity index (χ1n) is 7.27. The van der Waals surface area contributed by atoms with Gasteiger partial charge in [-0.1, -0.05) is 19.3 Å². The molecule has 1 saturated heterocycles. The van der Waals surface area contributed by atoms with Gasteiger partial charge in [0.2, 0.25) is 0 Å². The zero-order valence-electron chi connectivity index (χ0n) is 10.9. The lowest BCUT2D eigenvalue weighted by molar-refractivity contribution is 0.0665. The fraction of sp³-hybridized carbons (Fsp3) is 1.00. The number of aliphatic hydroxyl groups is 1. The van der Waals surface area contributed by atoms with Crippen LogP contribution in [0.2, 0.25) is 0 Å². The molecule has 3 heteroatoms. The molecule has 0 bridgehead atoms. The molecule has 2 aliphatic rings. The summed E-state index contributed by atoms with van der Waals surface area (Å²) in [5, 5.41) is 13.0. The maximum Gasteiger partial charge on any atom is 0.0480 e. The van der Waals surface area contributed by atoms with E-state index in [1.165, 1.54) is 32.1 Å². The van der Waals surface area contributed by atoms with Crippen molar-refractivity contribution in [1.29, 1.82) is 0 Å². The van der Waals surface area contributed by atoms with Gasteiger partial charge in [-0.25, -0.2) is 0 Å². The van der Waals surface area contributed by atoms with Crippen LogP contribution < -0.4 is 5.32 Å². The summed E-state index contributed by atoms with van der Waals surface area (Å²) in [6, 6.07) is 0.640. The van der Waals surface area contributed by atoms with E-state index in [1.807, 2.05) is 0 Å². The molecule has 3 nitrogen and oxygen atoms in total. The van der Waals surface area contributed by atoms with Gasteiger partial charge in [-0.05, 0) is 37.5 Å². The van der Waals surface area contributed by atoms with Crippen LogP contribution in [0.1, 0.15) is 51.4 Å². The van der Waals surface area contributed by atoms with E-state index in [2.05, 4.69) is 5.32 Å². The van der Waals surface area contributed by atoms with Gasteiger partial charge in [-0.15, -0.1) is 0 Å². The van der Waals surface area contributed by atoms with Crippen molar-refractivity contribution < 1.29 is 9.84 Å². The Morgan fingerprint density at radius 2 is 1.82 bits per heavy atom. The van der Waals surface area contributed by atoms with Crippen LogP contribution in [0.25, 0.3) is 0 Å². The lowest BCUT2D eigenvalue weighted by Crippen LogP contribution is -2.43. The number of nitrogens with one attached hydrogen (secondary N) is 1. The molecule has 1 aliphatic carbocycles. The Balaban J connectivity index is 1.79. The van der Waals surface area contributed by atoms with Crippen molar-refractivity contribution in [2.24, 2.45) is 5.41 Å². The summed E-state index contributed by atoms with van der Waals surface area (Å²) >= 11 is 0. The zero-order chi connectivity index (χ0) is 12.0. The summed E-state index contributed by atoms with van der Waals surface area (Å²) in [7, 11) is 0. The molecular formula is C14H27NO2. The van der Waals surface area contributed by atoms with Crippen molar-refractivity contribution in [1.82, 2.24) is 5.32 Å². The molecular weight excluding hydrogens is 214 g/mol. The van der Waals surface area contributed by atoms with E-state index in [1.54, 1.807) is 0 Å². The van der Waals surface area contributed by atoms with Gasteiger partial charge in [0.15, 0.2) is 0 Å². The van der Waals surface area contributed by atoms with Crippen molar-refractivity contribution in [3.05, 3.63) is 0 Å². The van der Waals surface area contributed by atoms with Gasteiger partial charge in [0.25, 0.3) is 0 Å². The number of aliphatic hydroxyl groups excluding tert-OH is 1. The Labute approximate surface area is 105 Å². The second-order valence-electron chi connectivity index (χ2n) is 5.80.